The van der Waals surface area contributed by atoms with Crippen molar-refractivity contribution in [3.8, 4) is 0 Å². The van der Waals surface area contributed by atoms with Crippen LogP contribution in [0.25, 0.3) is 0 Å². The Labute approximate surface area is 134 Å². The van der Waals surface area contributed by atoms with Crippen LogP contribution in [0.2, 0.25) is 0 Å². The van der Waals surface area contributed by atoms with Gasteiger partial charge in [0.15, 0.2) is 0 Å². The summed E-state index contributed by atoms with van der Waals surface area (Å²) < 4.78 is 0.817. The Morgan fingerprint density at radius 3 is 2.48 bits per heavy atom. The first-order valence-electron chi connectivity index (χ1n) is 7.15. The van der Waals surface area contributed by atoms with Crippen molar-refractivity contribution >= 4 is 21.8 Å². The van der Waals surface area contributed by atoms with Gasteiger partial charge in [0.25, 0.3) is 5.91 Å². The fourth-order valence-electron chi connectivity index (χ4n) is 2.28. The monoisotopic (exact) mass is 345 g/mol. The van der Waals surface area contributed by atoms with E-state index in [1.165, 1.54) is 11.1 Å². The molecule has 0 aromatic heterocycles. The number of carbonyl (C=O) groups is 1. The first kappa shape index (κ1) is 15.8. The normalized spacial score (nSPS) is 12.0. The molecule has 1 amide bonds. The van der Waals surface area contributed by atoms with Crippen LogP contribution < -0.4 is 5.32 Å². The molecule has 2 rings (SSSR count). The molecular formula is C18H20BrNO. The molecule has 3 heteroatoms. The zero-order chi connectivity index (χ0) is 15.4. The van der Waals surface area contributed by atoms with Crippen molar-refractivity contribution in [2.24, 2.45) is 0 Å². The Kier molecular flexibility index (Phi) is 5.18. The summed E-state index contributed by atoms with van der Waals surface area (Å²) in [5.74, 6) is -0.0486. The highest BCUT2D eigenvalue weighted by molar-refractivity contribution is 9.10. The van der Waals surface area contributed by atoms with Gasteiger partial charge in [-0.05, 0) is 65.0 Å². The second-order valence-corrected chi connectivity index (χ2v) is 6.11. The van der Waals surface area contributed by atoms with E-state index in [0.29, 0.717) is 5.56 Å². The molecule has 0 aliphatic heterocycles. The van der Waals surface area contributed by atoms with E-state index >= 15 is 0 Å². The highest BCUT2D eigenvalue weighted by Crippen LogP contribution is 2.22. The van der Waals surface area contributed by atoms with Crippen LogP contribution in [0.15, 0.2) is 46.9 Å². The van der Waals surface area contributed by atoms with Crippen molar-refractivity contribution in [1.29, 1.82) is 0 Å². The van der Waals surface area contributed by atoms with Crippen LogP contribution in [-0.4, -0.2) is 5.91 Å². The Balaban J connectivity index is 2.21. The number of carbonyl (C=O) groups excluding carboxylic acids is 1. The van der Waals surface area contributed by atoms with E-state index in [0.717, 1.165) is 16.5 Å². The van der Waals surface area contributed by atoms with Crippen LogP contribution in [0, 0.1) is 13.8 Å². The topological polar surface area (TPSA) is 29.1 Å². The maximum absolute atomic E-state index is 12.4. The van der Waals surface area contributed by atoms with Gasteiger partial charge in [-0.1, -0.05) is 37.3 Å². The van der Waals surface area contributed by atoms with Crippen LogP contribution in [0.5, 0.6) is 0 Å². The number of benzene rings is 2. The van der Waals surface area contributed by atoms with E-state index in [1.54, 1.807) is 0 Å². The van der Waals surface area contributed by atoms with Gasteiger partial charge >= 0.3 is 0 Å². The third kappa shape index (κ3) is 3.73. The average Bonchev–Trinajstić information content (AvgIpc) is 2.48. The van der Waals surface area contributed by atoms with Crippen LogP contribution in [0.3, 0.4) is 0 Å². The quantitative estimate of drug-likeness (QED) is 0.834. The van der Waals surface area contributed by atoms with Crippen LogP contribution in [0.4, 0.5) is 0 Å². The first-order valence-corrected chi connectivity index (χ1v) is 7.94. The number of halogens is 1. The summed E-state index contributed by atoms with van der Waals surface area (Å²) in [6.45, 7) is 6.28. The van der Waals surface area contributed by atoms with Gasteiger partial charge in [-0.2, -0.15) is 0 Å². The fourth-order valence-corrected chi connectivity index (χ4v) is 2.75. The smallest absolute Gasteiger partial charge is 0.252 e. The maximum Gasteiger partial charge on any atom is 0.252 e. The zero-order valence-electron chi connectivity index (χ0n) is 12.6. The minimum Gasteiger partial charge on any atom is -0.345 e. The first-order chi connectivity index (χ1) is 10.0. The number of aryl methyl sites for hydroxylation is 2. The van der Waals surface area contributed by atoms with Crippen molar-refractivity contribution in [2.45, 2.75) is 33.2 Å². The molecule has 0 spiro atoms. The summed E-state index contributed by atoms with van der Waals surface area (Å²) in [5.41, 5.74) is 4.34. The molecule has 0 heterocycles. The lowest BCUT2D eigenvalue weighted by Gasteiger charge is -2.19. The van der Waals surface area contributed by atoms with E-state index in [9.17, 15) is 4.79 Å². The Bertz CT molecular complexity index is 651. The second-order valence-electron chi connectivity index (χ2n) is 5.26. The lowest BCUT2D eigenvalue weighted by Crippen LogP contribution is -2.28. The molecule has 110 valence electrons. The van der Waals surface area contributed by atoms with E-state index in [4.69, 9.17) is 0 Å². The Morgan fingerprint density at radius 1 is 1.14 bits per heavy atom. The van der Waals surface area contributed by atoms with Crippen molar-refractivity contribution in [2.75, 3.05) is 0 Å². The number of hydrogen-bond donors (Lipinski definition) is 1. The molecule has 0 saturated carbocycles. The molecule has 0 radical (unpaired) electrons. The maximum atomic E-state index is 12.4. The average molecular weight is 346 g/mol. The van der Waals surface area contributed by atoms with E-state index in [-0.39, 0.29) is 11.9 Å². The van der Waals surface area contributed by atoms with Gasteiger partial charge in [0.1, 0.15) is 0 Å². The number of rotatable bonds is 4. The Morgan fingerprint density at radius 2 is 1.86 bits per heavy atom. The summed E-state index contributed by atoms with van der Waals surface area (Å²) in [6.07, 6.45) is 0.860. The van der Waals surface area contributed by atoms with E-state index in [2.05, 4.69) is 60.2 Å². The van der Waals surface area contributed by atoms with Gasteiger partial charge in [0.2, 0.25) is 0 Å². The number of hydrogen-bond acceptors (Lipinski definition) is 1. The summed E-state index contributed by atoms with van der Waals surface area (Å²) in [6, 6.07) is 13.9. The molecule has 2 nitrogen and oxygen atoms in total. The van der Waals surface area contributed by atoms with Crippen molar-refractivity contribution in [1.82, 2.24) is 5.32 Å². The zero-order valence-corrected chi connectivity index (χ0v) is 14.2. The van der Waals surface area contributed by atoms with Gasteiger partial charge in [0, 0.05) is 4.47 Å². The van der Waals surface area contributed by atoms with Crippen molar-refractivity contribution in [3.05, 3.63) is 69.2 Å². The SMILES string of the molecule is CC[C@@H](NC(=O)c1ccccc1Br)c1ccc(C)c(C)c1. The van der Waals surface area contributed by atoms with Gasteiger partial charge in [-0.3, -0.25) is 4.79 Å². The minimum absolute atomic E-state index is 0.0314. The summed E-state index contributed by atoms with van der Waals surface area (Å²) >= 11 is 3.43. The third-order valence-corrected chi connectivity index (χ3v) is 4.46. The third-order valence-electron chi connectivity index (χ3n) is 3.77. The van der Waals surface area contributed by atoms with E-state index < -0.39 is 0 Å². The molecular weight excluding hydrogens is 326 g/mol. The minimum atomic E-state index is -0.0486. The van der Waals surface area contributed by atoms with Gasteiger partial charge in [0.05, 0.1) is 11.6 Å². The predicted octanol–water partition coefficient (Wildman–Crippen LogP) is 4.95. The van der Waals surface area contributed by atoms with Gasteiger partial charge in [-0.25, -0.2) is 0 Å². The molecule has 2 aromatic rings. The molecule has 2 aromatic carbocycles. The molecule has 0 unspecified atom stereocenters. The highest BCUT2D eigenvalue weighted by Gasteiger charge is 2.16. The summed E-state index contributed by atoms with van der Waals surface area (Å²) in [4.78, 5) is 12.4. The predicted molar refractivity (Wildman–Crippen MR) is 90.6 cm³/mol. The fraction of sp³-hybridized carbons (Fsp3) is 0.278. The second kappa shape index (κ2) is 6.90. The number of nitrogens with one attached hydrogen (secondary N) is 1. The highest BCUT2D eigenvalue weighted by atomic mass is 79.9. The van der Waals surface area contributed by atoms with Gasteiger partial charge in [-0.15, -0.1) is 0 Å². The van der Waals surface area contributed by atoms with Crippen molar-refractivity contribution in [3.63, 3.8) is 0 Å². The standard InChI is InChI=1S/C18H20BrNO/c1-4-17(14-10-9-12(2)13(3)11-14)20-18(21)15-7-5-6-8-16(15)19/h5-11,17H,4H2,1-3H3,(H,20,21)/t17-/m1/s1. The lowest BCUT2D eigenvalue weighted by molar-refractivity contribution is 0.0935. The van der Waals surface area contributed by atoms with Crippen molar-refractivity contribution < 1.29 is 4.79 Å². The molecule has 1 atom stereocenters. The molecule has 0 bridgehead atoms. The molecule has 0 aliphatic rings. The Hall–Kier alpha value is -1.61. The molecule has 0 saturated heterocycles. The summed E-state index contributed by atoms with van der Waals surface area (Å²) in [5, 5.41) is 3.12. The van der Waals surface area contributed by atoms with Crippen LogP contribution in [0.1, 0.15) is 46.4 Å². The molecule has 1 N–H and O–H groups in total. The number of amides is 1. The summed E-state index contributed by atoms with van der Waals surface area (Å²) in [7, 11) is 0. The van der Waals surface area contributed by atoms with Crippen LogP contribution >= 0.6 is 15.9 Å². The largest absolute Gasteiger partial charge is 0.345 e. The van der Waals surface area contributed by atoms with Crippen LogP contribution in [-0.2, 0) is 0 Å². The lowest BCUT2D eigenvalue weighted by atomic mass is 9.99. The molecule has 0 fully saturated rings. The molecule has 0 aliphatic carbocycles. The van der Waals surface area contributed by atoms with E-state index in [1.807, 2.05) is 24.3 Å². The molecule has 21 heavy (non-hydrogen) atoms. The van der Waals surface area contributed by atoms with Gasteiger partial charge < -0.3 is 5.32 Å².